The van der Waals surface area contributed by atoms with Crippen LogP contribution in [0.1, 0.15) is 30.6 Å². The van der Waals surface area contributed by atoms with Gasteiger partial charge in [-0.25, -0.2) is 9.59 Å². The van der Waals surface area contributed by atoms with E-state index in [0.29, 0.717) is 17.5 Å². The smallest absolute Gasteiger partial charge is 0.338 e. The first kappa shape index (κ1) is 17.5. The maximum Gasteiger partial charge on any atom is 0.338 e. The molecule has 1 aromatic rings. The second kappa shape index (κ2) is 7.99. The van der Waals surface area contributed by atoms with Crippen LogP contribution < -0.4 is 10.6 Å². The van der Waals surface area contributed by atoms with Crippen molar-refractivity contribution in [3.63, 3.8) is 0 Å². The number of carbonyl (C=O) groups is 2. The molecule has 0 radical (unpaired) electrons. The van der Waals surface area contributed by atoms with Crippen molar-refractivity contribution < 1.29 is 14.7 Å². The lowest BCUT2D eigenvalue weighted by molar-refractivity contribution is 0.0698. The molecule has 0 aliphatic rings. The molecule has 0 saturated carbocycles. The molecule has 1 aromatic heterocycles. The fourth-order valence-electron chi connectivity index (χ4n) is 1.95. The minimum atomic E-state index is -1.04. The molecule has 3 N–H and O–H groups in total. The highest BCUT2D eigenvalue weighted by atomic mass is 32.1. The Bertz CT molecular complexity index is 486. The lowest BCUT2D eigenvalue weighted by Crippen LogP contribution is -2.42. The number of aromatic carboxylic acids is 1. The van der Waals surface area contributed by atoms with Gasteiger partial charge in [0.1, 0.15) is 5.00 Å². The summed E-state index contributed by atoms with van der Waals surface area (Å²) in [5, 5.41) is 16.4. The quantitative estimate of drug-likeness (QED) is 0.722. The Hall–Kier alpha value is -1.60. The topological polar surface area (TPSA) is 81.7 Å². The van der Waals surface area contributed by atoms with Crippen molar-refractivity contribution in [2.24, 2.45) is 5.92 Å². The Morgan fingerprint density at radius 2 is 2.05 bits per heavy atom. The lowest BCUT2D eigenvalue weighted by Gasteiger charge is -2.26. The van der Waals surface area contributed by atoms with Gasteiger partial charge in [-0.1, -0.05) is 13.8 Å². The Kier molecular flexibility index (Phi) is 6.64. The molecular formula is C14H23N3O3S. The van der Waals surface area contributed by atoms with Crippen LogP contribution in [0.2, 0.25) is 0 Å². The highest BCUT2D eigenvalue weighted by Gasteiger charge is 2.16. The molecule has 0 saturated heterocycles. The van der Waals surface area contributed by atoms with E-state index in [-0.39, 0.29) is 17.6 Å². The Morgan fingerprint density at radius 3 is 2.57 bits per heavy atom. The molecule has 0 aromatic carbocycles. The SMILES string of the molecule is CC(C)CC(CNC(=O)Nc1sccc1C(=O)O)N(C)C. The van der Waals surface area contributed by atoms with E-state index in [0.717, 1.165) is 6.42 Å². The second-order valence-electron chi connectivity index (χ2n) is 5.55. The minimum Gasteiger partial charge on any atom is -0.478 e. The predicted octanol–water partition coefficient (Wildman–Crippen LogP) is 2.54. The molecule has 6 nitrogen and oxygen atoms in total. The maximum absolute atomic E-state index is 11.9. The van der Waals surface area contributed by atoms with Crippen LogP contribution in [0, 0.1) is 5.92 Å². The first-order valence-corrected chi connectivity index (χ1v) is 7.71. The molecule has 118 valence electrons. The van der Waals surface area contributed by atoms with Gasteiger partial charge in [0.05, 0.1) is 5.56 Å². The van der Waals surface area contributed by atoms with Crippen molar-refractivity contribution in [2.45, 2.75) is 26.3 Å². The van der Waals surface area contributed by atoms with E-state index in [2.05, 4.69) is 29.4 Å². The third-order valence-corrected chi connectivity index (χ3v) is 3.92. The van der Waals surface area contributed by atoms with Crippen molar-refractivity contribution >= 4 is 28.3 Å². The molecule has 1 heterocycles. The van der Waals surface area contributed by atoms with E-state index >= 15 is 0 Å². The normalized spacial score (nSPS) is 12.5. The summed E-state index contributed by atoms with van der Waals surface area (Å²) >= 11 is 1.19. The number of hydrogen-bond donors (Lipinski definition) is 3. The zero-order valence-corrected chi connectivity index (χ0v) is 13.7. The number of nitrogens with one attached hydrogen (secondary N) is 2. The van der Waals surface area contributed by atoms with Crippen LogP contribution in [0.4, 0.5) is 9.80 Å². The summed E-state index contributed by atoms with van der Waals surface area (Å²) in [5.41, 5.74) is 0.112. The number of amides is 2. The number of rotatable bonds is 7. The standard InChI is InChI=1S/C14H23N3O3S/c1-9(2)7-10(17(3)4)8-15-14(20)16-12-11(13(18)19)5-6-21-12/h5-6,9-10H,7-8H2,1-4H3,(H,18,19)(H2,15,16,20). The molecule has 1 rings (SSSR count). The third-order valence-electron chi connectivity index (χ3n) is 3.09. The van der Waals surface area contributed by atoms with E-state index in [4.69, 9.17) is 5.11 Å². The minimum absolute atomic E-state index is 0.112. The number of thiophene rings is 1. The molecular weight excluding hydrogens is 290 g/mol. The molecule has 0 aliphatic carbocycles. The van der Waals surface area contributed by atoms with Crippen LogP contribution in [0.3, 0.4) is 0 Å². The fraction of sp³-hybridized carbons (Fsp3) is 0.571. The molecule has 1 atom stereocenters. The second-order valence-corrected chi connectivity index (χ2v) is 6.47. The molecule has 7 heteroatoms. The number of likely N-dealkylation sites (N-methyl/N-ethyl adjacent to an activating group) is 1. The van der Waals surface area contributed by atoms with Gasteiger partial charge in [-0.3, -0.25) is 5.32 Å². The number of carboxylic acid groups (broad SMARTS) is 1. The zero-order chi connectivity index (χ0) is 16.0. The van der Waals surface area contributed by atoms with E-state index in [9.17, 15) is 9.59 Å². The molecule has 1 unspecified atom stereocenters. The van der Waals surface area contributed by atoms with Crippen molar-refractivity contribution in [3.05, 3.63) is 17.0 Å². The van der Waals surface area contributed by atoms with Gasteiger partial charge in [0.25, 0.3) is 0 Å². The van der Waals surface area contributed by atoms with Crippen molar-refractivity contribution in [2.75, 3.05) is 26.0 Å². The van der Waals surface area contributed by atoms with Crippen molar-refractivity contribution in [3.8, 4) is 0 Å². The summed E-state index contributed by atoms with van der Waals surface area (Å²) in [5.74, 6) is -0.504. The summed E-state index contributed by atoms with van der Waals surface area (Å²) < 4.78 is 0. The number of carboxylic acids is 1. The molecule has 0 spiro atoms. The summed E-state index contributed by atoms with van der Waals surface area (Å²) in [4.78, 5) is 24.9. The van der Waals surface area contributed by atoms with Crippen LogP contribution in [-0.2, 0) is 0 Å². The van der Waals surface area contributed by atoms with Crippen LogP contribution in [0.15, 0.2) is 11.4 Å². The summed E-state index contributed by atoms with van der Waals surface area (Å²) in [6.45, 7) is 4.80. The van der Waals surface area contributed by atoms with Gasteiger partial charge in [0, 0.05) is 12.6 Å². The molecule has 0 fully saturated rings. The Morgan fingerprint density at radius 1 is 1.38 bits per heavy atom. The number of anilines is 1. The molecule has 2 amide bonds. The summed E-state index contributed by atoms with van der Waals surface area (Å²) in [6.07, 6.45) is 0.979. The van der Waals surface area contributed by atoms with Crippen LogP contribution >= 0.6 is 11.3 Å². The van der Waals surface area contributed by atoms with Gasteiger partial charge in [-0.05, 0) is 37.9 Å². The Balaban J connectivity index is 2.53. The largest absolute Gasteiger partial charge is 0.478 e. The average Bonchev–Trinajstić information content (AvgIpc) is 2.81. The number of carbonyl (C=O) groups excluding carboxylic acids is 1. The molecule has 0 bridgehead atoms. The van der Waals surface area contributed by atoms with Crippen LogP contribution in [-0.4, -0.2) is 48.7 Å². The number of urea groups is 1. The number of nitrogens with zero attached hydrogens (tertiary/aromatic N) is 1. The van der Waals surface area contributed by atoms with Gasteiger partial charge >= 0.3 is 12.0 Å². The number of hydrogen-bond acceptors (Lipinski definition) is 4. The highest BCUT2D eigenvalue weighted by molar-refractivity contribution is 7.14. The highest BCUT2D eigenvalue weighted by Crippen LogP contribution is 2.22. The predicted molar refractivity (Wildman–Crippen MR) is 85.2 cm³/mol. The third kappa shape index (κ3) is 5.73. The fourth-order valence-corrected chi connectivity index (χ4v) is 2.73. The summed E-state index contributed by atoms with van der Waals surface area (Å²) in [7, 11) is 3.96. The molecule has 0 aliphatic heterocycles. The van der Waals surface area contributed by atoms with Gasteiger partial charge in [-0.2, -0.15) is 0 Å². The van der Waals surface area contributed by atoms with E-state index in [1.807, 2.05) is 14.1 Å². The van der Waals surface area contributed by atoms with Gasteiger partial charge in [0.2, 0.25) is 0 Å². The zero-order valence-electron chi connectivity index (χ0n) is 12.8. The first-order valence-electron chi connectivity index (χ1n) is 6.83. The summed E-state index contributed by atoms with van der Waals surface area (Å²) in [6, 6.07) is 1.35. The first-order chi connectivity index (χ1) is 9.81. The van der Waals surface area contributed by atoms with E-state index in [1.54, 1.807) is 5.38 Å². The van der Waals surface area contributed by atoms with Gasteiger partial charge in [-0.15, -0.1) is 11.3 Å². The Labute approximate surface area is 129 Å². The lowest BCUT2D eigenvalue weighted by atomic mass is 10.0. The van der Waals surface area contributed by atoms with Crippen molar-refractivity contribution in [1.29, 1.82) is 0 Å². The van der Waals surface area contributed by atoms with Gasteiger partial charge < -0.3 is 15.3 Å². The van der Waals surface area contributed by atoms with Crippen LogP contribution in [0.5, 0.6) is 0 Å². The average molecular weight is 313 g/mol. The van der Waals surface area contributed by atoms with Gasteiger partial charge in [0.15, 0.2) is 0 Å². The monoisotopic (exact) mass is 313 g/mol. The molecule has 21 heavy (non-hydrogen) atoms. The van der Waals surface area contributed by atoms with E-state index < -0.39 is 5.97 Å². The van der Waals surface area contributed by atoms with Crippen molar-refractivity contribution in [1.82, 2.24) is 10.2 Å². The van der Waals surface area contributed by atoms with Crippen LogP contribution in [0.25, 0.3) is 0 Å². The maximum atomic E-state index is 11.9. The van der Waals surface area contributed by atoms with E-state index in [1.165, 1.54) is 17.4 Å².